The van der Waals surface area contributed by atoms with Crippen molar-refractivity contribution in [2.24, 2.45) is 0 Å². The van der Waals surface area contributed by atoms with Crippen LogP contribution in [-0.4, -0.2) is 41.8 Å². The maximum absolute atomic E-state index is 12.0. The molecule has 0 atom stereocenters. The molecule has 0 bridgehead atoms. The van der Waals surface area contributed by atoms with Gasteiger partial charge in [0.05, 0.1) is 12.0 Å². The molecule has 0 aromatic heterocycles. The highest BCUT2D eigenvalue weighted by Crippen LogP contribution is 2.19. The summed E-state index contributed by atoms with van der Waals surface area (Å²) in [5, 5.41) is 11.2. The molecule has 1 rings (SSSR count). The molecule has 2 N–H and O–H groups in total. The molecule has 1 aromatic rings. The van der Waals surface area contributed by atoms with E-state index in [0.717, 1.165) is 4.90 Å². The summed E-state index contributed by atoms with van der Waals surface area (Å²) in [6, 6.07) is 5.28. The lowest BCUT2D eigenvalue weighted by molar-refractivity contribution is -0.136. The number of carboxylic acids is 1. The fourth-order valence-corrected chi connectivity index (χ4v) is 1.52. The van der Waals surface area contributed by atoms with Crippen molar-refractivity contribution in [1.82, 2.24) is 10.2 Å². The van der Waals surface area contributed by atoms with Gasteiger partial charge in [-0.2, -0.15) is 13.2 Å². The Morgan fingerprint density at radius 2 is 2.00 bits per heavy atom. The first-order chi connectivity index (χ1) is 9.69. The number of alkyl halides is 3. The molecule has 0 saturated carbocycles. The molecule has 5 nitrogen and oxygen atoms in total. The SMILES string of the molecule is CN(CCC(F)(F)F)C(=O)NCc1cccc(C(=O)O)c1. The fourth-order valence-electron chi connectivity index (χ4n) is 1.52. The highest BCUT2D eigenvalue weighted by Gasteiger charge is 2.27. The third-order valence-corrected chi connectivity index (χ3v) is 2.70. The molecule has 0 saturated heterocycles. The average molecular weight is 304 g/mol. The minimum atomic E-state index is -4.32. The molecule has 2 amide bonds. The van der Waals surface area contributed by atoms with Crippen LogP contribution < -0.4 is 5.32 Å². The second-order valence-electron chi connectivity index (χ2n) is 4.45. The van der Waals surface area contributed by atoms with Gasteiger partial charge in [0.2, 0.25) is 0 Å². The zero-order valence-electron chi connectivity index (χ0n) is 11.3. The zero-order chi connectivity index (χ0) is 16.0. The molecular formula is C13H15F3N2O3. The van der Waals surface area contributed by atoms with Gasteiger partial charge < -0.3 is 15.3 Å². The van der Waals surface area contributed by atoms with Crippen molar-refractivity contribution < 1.29 is 27.9 Å². The first-order valence-electron chi connectivity index (χ1n) is 6.07. The van der Waals surface area contributed by atoms with Crippen molar-refractivity contribution in [2.45, 2.75) is 19.1 Å². The molecule has 8 heteroatoms. The van der Waals surface area contributed by atoms with Crippen LogP contribution in [0.5, 0.6) is 0 Å². The van der Waals surface area contributed by atoms with Crippen LogP contribution in [0.3, 0.4) is 0 Å². The number of carbonyl (C=O) groups is 2. The van der Waals surface area contributed by atoms with E-state index >= 15 is 0 Å². The van der Waals surface area contributed by atoms with E-state index in [2.05, 4.69) is 5.32 Å². The van der Waals surface area contributed by atoms with E-state index in [0.29, 0.717) is 5.56 Å². The number of urea groups is 1. The quantitative estimate of drug-likeness (QED) is 0.878. The Bertz CT molecular complexity index is 518. The highest BCUT2D eigenvalue weighted by atomic mass is 19.4. The number of carboxylic acid groups (broad SMARTS) is 1. The van der Waals surface area contributed by atoms with Crippen LogP contribution in [0.2, 0.25) is 0 Å². The van der Waals surface area contributed by atoms with Crippen molar-refractivity contribution in [3.63, 3.8) is 0 Å². The number of rotatable bonds is 5. The summed E-state index contributed by atoms with van der Waals surface area (Å²) in [7, 11) is 1.26. The summed E-state index contributed by atoms with van der Waals surface area (Å²) >= 11 is 0. The number of nitrogens with zero attached hydrogens (tertiary/aromatic N) is 1. The Labute approximate surface area is 119 Å². The molecule has 0 aliphatic heterocycles. The number of hydrogen-bond acceptors (Lipinski definition) is 2. The number of aromatic carboxylic acids is 1. The number of amides is 2. The number of hydrogen-bond donors (Lipinski definition) is 2. The van der Waals surface area contributed by atoms with Gasteiger partial charge in [0.1, 0.15) is 0 Å². The van der Waals surface area contributed by atoms with E-state index in [-0.39, 0.29) is 12.1 Å². The lowest BCUT2D eigenvalue weighted by Gasteiger charge is -2.18. The van der Waals surface area contributed by atoms with Crippen LogP contribution in [0.15, 0.2) is 24.3 Å². The molecular weight excluding hydrogens is 289 g/mol. The van der Waals surface area contributed by atoms with Gasteiger partial charge in [0.15, 0.2) is 0 Å². The largest absolute Gasteiger partial charge is 0.478 e. The third-order valence-electron chi connectivity index (χ3n) is 2.70. The van der Waals surface area contributed by atoms with Crippen LogP contribution in [0, 0.1) is 0 Å². The number of benzene rings is 1. The predicted molar refractivity (Wildman–Crippen MR) is 68.9 cm³/mol. The van der Waals surface area contributed by atoms with E-state index in [1.54, 1.807) is 6.07 Å². The van der Waals surface area contributed by atoms with Gasteiger partial charge in [-0.15, -0.1) is 0 Å². The van der Waals surface area contributed by atoms with E-state index in [9.17, 15) is 22.8 Å². The van der Waals surface area contributed by atoms with Gasteiger partial charge in [0.25, 0.3) is 0 Å². The summed E-state index contributed by atoms with van der Waals surface area (Å²) < 4.78 is 36.1. The van der Waals surface area contributed by atoms with Crippen molar-refractivity contribution in [1.29, 1.82) is 0 Å². The maximum Gasteiger partial charge on any atom is 0.390 e. The standard InChI is InChI=1S/C13H15F3N2O3/c1-18(6-5-13(14,15)16)12(21)17-8-9-3-2-4-10(7-9)11(19)20/h2-4,7H,5-6,8H2,1H3,(H,17,21)(H,19,20). The van der Waals surface area contributed by atoms with Crippen molar-refractivity contribution in [3.05, 3.63) is 35.4 Å². The van der Waals surface area contributed by atoms with Crippen LogP contribution >= 0.6 is 0 Å². The van der Waals surface area contributed by atoms with Crippen LogP contribution in [0.25, 0.3) is 0 Å². The lowest BCUT2D eigenvalue weighted by Crippen LogP contribution is -2.38. The average Bonchev–Trinajstić information content (AvgIpc) is 2.41. The minimum absolute atomic E-state index is 0.0380. The molecule has 0 aliphatic rings. The zero-order valence-corrected chi connectivity index (χ0v) is 11.3. The van der Waals surface area contributed by atoms with Crippen molar-refractivity contribution in [3.8, 4) is 0 Å². The Balaban J connectivity index is 2.49. The molecule has 0 unspecified atom stereocenters. The molecule has 1 aromatic carbocycles. The second kappa shape index (κ2) is 6.96. The van der Waals surface area contributed by atoms with E-state index in [4.69, 9.17) is 5.11 Å². The first kappa shape index (κ1) is 16.8. The number of halogens is 3. The Morgan fingerprint density at radius 3 is 2.57 bits per heavy atom. The Morgan fingerprint density at radius 1 is 1.33 bits per heavy atom. The minimum Gasteiger partial charge on any atom is -0.478 e. The van der Waals surface area contributed by atoms with Gasteiger partial charge >= 0.3 is 18.2 Å². The van der Waals surface area contributed by atoms with Gasteiger partial charge in [-0.1, -0.05) is 12.1 Å². The molecule has 21 heavy (non-hydrogen) atoms. The van der Waals surface area contributed by atoms with E-state index in [1.807, 2.05) is 0 Å². The Hall–Kier alpha value is -2.25. The summed E-state index contributed by atoms with van der Waals surface area (Å²) in [6.07, 6.45) is -5.39. The molecule has 0 spiro atoms. The second-order valence-corrected chi connectivity index (χ2v) is 4.45. The molecule has 0 fully saturated rings. The monoisotopic (exact) mass is 304 g/mol. The molecule has 0 radical (unpaired) electrons. The predicted octanol–water partition coefficient (Wildman–Crippen LogP) is 2.48. The van der Waals surface area contributed by atoms with Gasteiger partial charge in [-0.3, -0.25) is 0 Å². The maximum atomic E-state index is 12.0. The lowest BCUT2D eigenvalue weighted by atomic mass is 10.1. The summed E-state index contributed by atoms with van der Waals surface area (Å²) in [5.41, 5.74) is 0.625. The first-order valence-corrected chi connectivity index (χ1v) is 6.07. The van der Waals surface area contributed by atoms with Crippen molar-refractivity contribution >= 4 is 12.0 Å². The topological polar surface area (TPSA) is 69.6 Å². The summed E-state index contributed by atoms with van der Waals surface area (Å²) in [5.74, 6) is -1.09. The number of carbonyl (C=O) groups excluding carboxylic acids is 1. The van der Waals surface area contributed by atoms with Crippen LogP contribution in [-0.2, 0) is 6.54 Å². The van der Waals surface area contributed by atoms with E-state index in [1.165, 1.54) is 25.2 Å². The highest BCUT2D eigenvalue weighted by molar-refractivity contribution is 5.87. The fraction of sp³-hybridized carbons (Fsp3) is 0.385. The van der Waals surface area contributed by atoms with E-state index < -0.39 is 31.1 Å². The smallest absolute Gasteiger partial charge is 0.390 e. The molecule has 0 aliphatic carbocycles. The summed E-state index contributed by atoms with van der Waals surface area (Å²) in [4.78, 5) is 23.3. The normalized spacial score (nSPS) is 11.0. The van der Waals surface area contributed by atoms with Gasteiger partial charge in [-0.25, -0.2) is 9.59 Å². The van der Waals surface area contributed by atoms with Gasteiger partial charge in [-0.05, 0) is 17.7 Å². The summed E-state index contributed by atoms with van der Waals surface area (Å²) in [6.45, 7) is -0.402. The molecule has 116 valence electrons. The number of nitrogens with one attached hydrogen (secondary N) is 1. The molecule has 0 heterocycles. The third kappa shape index (κ3) is 6.15. The van der Waals surface area contributed by atoms with Crippen molar-refractivity contribution in [2.75, 3.05) is 13.6 Å². The Kier molecular flexibility index (Phi) is 5.57. The van der Waals surface area contributed by atoms with Gasteiger partial charge in [0, 0.05) is 20.1 Å². The van der Waals surface area contributed by atoms with Crippen LogP contribution in [0.4, 0.5) is 18.0 Å². The van der Waals surface area contributed by atoms with Crippen LogP contribution in [0.1, 0.15) is 22.3 Å².